The van der Waals surface area contributed by atoms with E-state index in [-0.39, 0.29) is 0 Å². The van der Waals surface area contributed by atoms with E-state index in [1.165, 1.54) is 0 Å². The first-order chi connectivity index (χ1) is 6.40. The summed E-state index contributed by atoms with van der Waals surface area (Å²) in [6.45, 7) is 4.00. The van der Waals surface area contributed by atoms with Crippen LogP contribution < -0.4 is 11.3 Å². The average molecular weight is 179 g/mol. The van der Waals surface area contributed by atoms with E-state index in [4.69, 9.17) is 10.3 Å². The molecule has 2 rings (SSSR count). The van der Waals surface area contributed by atoms with Crippen molar-refractivity contribution >= 4 is 17.1 Å². The van der Waals surface area contributed by atoms with E-state index in [1.807, 2.05) is 38.1 Å². The van der Waals surface area contributed by atoms with Gasteiger partial charge in [-0.3, -0.25) is 5.43 Å². The zero-order valence-corrected chi connectivity index (χ0v) is 7.74. The Balaban J connectivity index is 0.000000396. The molecule has 0 unspecified atom stereocenters. The van der Waals surface area contributed by atoms with Gasteiger partial charge in [-0.15, -0.1) is 0 Å². The lowest BCUT2D eigenvalue weighted by Gasteiger charge is -1.84. The average Bonchev–Trinajstić information content (AvgIpc) is 2.63. The van der Waals surface area contributed by atoms with Crippen LogP contribution in [0.4, 0.5) is 6.01 Å². The van der Waals surface area contributed by atoms with Crippen LogP contribution in [-0.2, 0) is 0 Å². The van der Waals surface area contributed by atoms with E-state index in [2.05, 4.69) is 10.4 Å². The van der Waals surface area contributed by atoms with Gasteiger partial charge in [-0.05, 0) is 12.1 Å². The Kier molecular flexibility index (Phi) is 3.28. The molecule has 4 heteroatoms. The number of nitrogen functional groups attached to an aromatic ring is 1. The molecule has 0 saturated heterocycles. The highest BCUT2D eigenvalue weighted by molar-refractivity contribution is 5.73. The highest BCUT2D eigenvalue weighted by Gasteiger charge is 2.00. The molecule has 0 spiro atoms. The fraction of sp³-hybridized carbons (Fsp3) is 0.222. The molecule has 0 aliphatic carbocycles. The Bertz CT molecular complexity index is 337. The number of aromatic nitrogens is 1. The summed E-state index contributed by atoms with van der Waals surface area (Å²) >= 11 is 0. The van der Waals surface area contributed by atoms with Gasteiger partial charge in [0.05, 0.1) is 0 Å². The second kappa shape index (κ2) is 4.47. The third-order valence-corrected chi connectivity index (χ3v) is 1.42. The van der Waals surface area contributed by atoms with E-state index in [0.717, 1.165) is 11.1 Å². The minimum absolute atomic E-state index is 0.339. The van der Waals surface area contributed by atoms with Crippen molar-refractivity contribution in [3.63, 3.8) is 0 Å². The monoisotopic (exact) mass is 179 g/mol. The fourth-order valence-corrected chi connectivity index (χ4v) is 0.934. The Morgan fingerprint density at radius 2 is 2.00 bits per heavy atom. The van der Waals surface area contributed by atoms with E-state index in [9.17, 15) is 0 Å². The van der Waals surface area contributed by atoms with Gasteiger partial charge in [0.25, 0.3) is 0 Å². The maximum Gasteiger partial charge on any atom is 0.310 e. The minimum Gasteiger partial charge on any atom is -0.423 e. The van der Waals surface area contributed by atoms with E-state index >= 15 is 0 Å². The van der Waals surface area contributed by atoms with Gasteiger partial charge < -0.3 is 4.42 Å². The maximum atomic E-state index is 5.17. The number of anilines is 1. The van der Waals surface area contributed by atoms with Crippen LogP contribution in [0.15, 0.2) is 28.7 Å². The molecule has 0 aliphatic heterocycles. The molecule has 0 fully saturated rings. The summed E-state index contributed by atoms with van der Waals surface area (Å²) in [7, 11) is 0. The standard InChI is InChI=1S/C7H7N3O.C2H6/c8-10-7-9-5-3-1-2-4-6(5)11-7;1-2/h1-4H,8H2,(H,9,10);1-2H3. The van der Waals surface area contributed by atoms with E-state index in [0.29, 0.717) is 6.01 Å². The summed E-state index contributed by atoms with van der Waals surface area (Å²) in [6.07, 6.45) is 0. The van der Waals surface area contributed by atoms with Crippen molar-refractivity contribution in [3.05, 3.63) is 24.3 Å². The summed E-state index contributed by atoms with van der Waals surface area (Å²) in [5.41, 5.74) is 3.88. The van der Waals surface area contributed by atoms with Crippen LogP contribution in [-0.4, -0.2) is 4.98 Å². The second-order valence-electron chi connectivity index (χ2n) is 2.13. The molecule has 0 aliphatic rings. The number of para-hydroxylation sites is 2. The van der Waals surface area contributed by atoms with Crippen molar-refractivity contribution in [3.8, 4) is 0 Å². The molecule has 1 aromatic heterocycles. The fourth-order valence-electron chi connectivity index (χ4n) is 0.934. The molecule has 0 saturated carbocycles. The Morgan fingerprint density at radius 1 is 1.31 bits per heavy atom. The van der Waals surface area contributed by atoms with Crippen molar-refractivity contribution in [1.82, 2.24) is 4.98 Å². The lowest BCUT2D eigenvalue weighted by atomic mass is 10.3. The largest absolute Gasteiger partial charge is 0.423 e. The highest BCUT2D eigenvalue weighted by atomic mass is 16.4. The van der Waals surface area contributed by atoms with Crippen LogP contribution in [0.1, 0.15) is 13.8 Å². The zero-order chi connectivity index (χ0) is 9.68. The van der Waals surface area contributed by atoms with Crippen LogP contribution in [0, 0.1) is 0 Å². The lowest BCUT2D eigenvalue weighted by Crippen LogP contribution is -2.06. The molecule has 0 bridgehead atoms. The molecule has 2 aromatic rings. The van der Waals surface area contributed by atoms with E-state index < -0.39 is 0 Å². The van der Waals surface area contributed by atoms with Crippen LogP contribution in [0.25, 0.3) is 11.1 Å². The number of hydrazine groups is 1. The number of fused-ring (bicyclic) bond motifs is 1. The normalized spacial score (nSPS) is 9.15. The first-order valence-electron chi connectivity index (χ1n) is 4.22. The van der Waals surface area contributed by atoms with Gasteiger partial charge in [0.1, 0.15) is 5.52 Å². The number of nitrogens with zero attached hydrogens (tertiary/aromatic N) is 1. The summed E-state index contributed by atoms with van der Waals surface area (Å²) < 4.78 is 5.17. The number of nitrogens with two attached hydrogens (primary N) is 1. The molecule has 4 nitrogen and oxygen atoms in total. The van der Waals surface area contributed by atoms with Crippen LogP contribution in [0.2, 0.25) is 0 Å². The van der Waals surface area contributed by atoms with Crippen molar-refractivity contribution in [2.75, 3.05) is 5.43 Å². The number of rotatable bonds is 1. The van der Waals surface area contributed by atoms with Gasteiger partial charge in [-0.2, -0.15) is 4.98 Å². The molecule has 3 N–H and O–H groups in total. The number of nitrogens with one attached hydrogen (secondary N) is 1. The summed E-state index contributed by atoms with van der Waals surface area (Å²) in [5, 5.41) is 0. The SMILES string of the molecule is CC.NNc1nc2ccccc2o1. The van der Waals surface area contributed by atoms with Gasteiger partial charge in [0.2, 0.25) is 0 Å². The lowest BCUT2D eigenvalue weighted by molar-refractivity contribution is 0.617. The summed E-state index contributed by atoms with van der Waals surface area (Å²) in [4.78, 5) is 4.03. The number of oxazole rings is 1. The molecule has 0 atom stereocenters. The van der Waals surface area contributed by atoms with Crippen molar-refractivity contribution in [1.29, 1.82) is 0 Å². The molecular weight excluding hydrogens is 166 g/mol. The molecule has 1 aromatic carbocycles. The predicted octanol–water partition coefficient (Wildman–Crippen LogP) is 2.14. The van der Waals surface area contributed by atoms with E-state index in [1.54, 1.807) is 0 Å². The Morgan fingerprint density at radius 3 is 2.62 bits per heavy atom. The Labute approximate surface area is 76.7 Å². The molecule has 1 heterocycles. The number of hydrogen-bond donors (Lipinski definition) is 2. The van der Waals surface area contributed by atoms with Crippen molar-refractivity contribution in [2.45, 2.75) is 13.8 Å². The zero-order valence-electron chi connectivity index (χ0n) is 7.74. The van der Waals surface area contributed by atoms with Crippen LogP contribution >= 0.6 is 0 Å². The number of hydrogen-bond acceptors (Lipinski definition) is 4. The van der Waals surface area contributed by atoms with Gasteiger partial charge in [-0.1, -0.05) is 26.0 Å². The highest BCUT2D eigenvalue weighted by Crippen LogP contribution is 2.16. The maximum absolute atomic E-state index is 5.17. The number of benzene rings is 1. The molecule has 13 heavy (non-hydrogen) atoms. The summed E-state index contributed by atoms with van der Waals surface area (Å²) in [5.74, 6) is 5.11. The van der Waals surface area contributed by atoms with Gasteiger partial charge in [0, 0.05) is 0 Å². The van der Waals surface area contributed by atoms with Crippen molar-refractivity contribution in [2.24, 2.45) is 5.84 Å². The topological polar surface area (TPSA) is 64.1 Å². The summed E-state index contributed by atoms with van der Waals surface area (Å²) in [6, 6.07) is 7.81. The van der Waals surface area contributed by atoms with Crippen LogP contribution in [0.3, 0.4) is 0 Å². The smallest absolute Gasteiger partial charge is 0.310 e. The first kappa shape index (κ1) is 9.54. The molecule has 0 radical (unpaired) electrons. The van der Waals surface area contributed by atoms with Gasteiger partial charge >= 0.3 is 6.01 Å². The molecule has 70 valence electrons. The third kappa shape index (κ3) is 1.97. The van der Waals surface area contributed by atoms with Crippen molar-refractivity contribution < 1.29 is 4.42 Å². The predicted molar refractivity (Wildman–Crippen MR) is 53.2 cm³/mol. The molecule has 0 amide bonds. The second-order valence-corrected chi connectivity index (χ2v) is 2.13. The minimum atomic E-state index is 0.339. The Hall–Kier alpha value is -1.55. The quantitative estimate of drug-likeness (QED) is 0.520. The van der Waals surface area contributed by atoms with Gasteiger partial charge in [-0.25, -0.2) is 5.84 Å². The molecular formula is C9H13N3O. The van der Waals surface area contributed by atoms with Crippen LogP contribution in [0.5, 0.6) is 0 Å². The third-order valence-electron chi connectivity index (χ3n) is 1.42. The van der Waals surface area contributed by atoms with Gasteiger partial charge in [0.15, 0.2) is 5.58 Å². The first-order valence-corrected chi connectivity index (χ1v) is 4.22.